The second-order valence-electron chi connectivity index (χ2n) is 4.10. The van der Waals surface area contributed by atoms with Crippen molar-refractivity contribution in [3.8, 4) is 17.2 Å². The van der Waals surface area contributed by atoms with Crippen LogP contribution in [0.1, 0.15) is 25.7 Å². The van der Waals surface area contributed by atoms with E-state index in [2.05, 4.69) is 0 Å². The summed E-state index contributed by atoms with van der Waals surface area (Å²) < 4.78 is 16.0. The fraction of sp³-hybridized carbons (Fsp3) is 0.571. The lowest BCUT2D eigenvalue weighted by Crippen LogP contribution is -2.00. The summed E-state index contributed by atoms with van der Waals surface area (Å²) in [4.78, 5) is 0. The number of hydrogen-bond acceptors (Lipinski definition) is 4. The molecule has 1 aromatic rings. The van der Waals surface area contributed by atoms with Gasteiger partial charge in [-0.15, -0.1) is 0 Å². The van der Waals surface area contributed by atoms with Crippen molar-refractivity contribution in [2.45, 2.75) is 25.7 Å². The molecule has 0 radical (unpaired) electrons. The lowest BCUT2D eigenvalue weighted by molar-refractivity contribution is 0.299. The third kappa shape index (κ3) is 5.27. The molecule has 0 atom stereocenters. The van der Waals surface area contributed by atoms with Crippen LogP contribution in [0.2, 0.25) is 0 Å². The van der Waals surface area contributed by atoms with Crippen LogP contribution in [0.3, 0.4) is 0 Å². The topological polar surface area (TPSA) is 53.7 Å². The molecule has 0 aliphatic carbocycles. The van der Waals surface area contributed by atoms with Crippen molar-refractivity contribution in [2.24, 2.45) is 5.73 Å². The summed E-state index contributed by atoms with van der Waals surface area (Å²) in [6.07, 6.45) is 4.45. The maximum absolute atomic E-state index is 5.68. The highest BCUT2D eigenvalue weighted by molar-refractivity contribution is 5.41. The summed E-state index contributed by atoms with van der Waals surface area (Å²) in [6.45, 7) is 1.48. The molecular formula is C14H23NO3. The number of rotatable bonds is 9. The molecule has 1 aromatic carbocycles. The van der Waals surface area contributed by atoms with E-state index in [1.54, 1.807) is 14.2 Å². The van der Waals surface area contributed by atoms with Gasteiger partial charge in [0.2, 0.25) is 0 Å². The van der Waals surface area contributed by atoms with Gasteiger partial charge in [-0.1, -0.05) is 12.8 Å². The average molecular weight is 253 g/mol. The smallest absolute Gasteiger partial charge is 0.126 e. The third-order valence-corrected chi connectivity index (χ3v) is 2.69. The van der Waals surface area contributed by atoms with Gasteiger partial charge in [0, 0.05) is 18.2 Å². The van der Waals surface area contributed by atoms with Gasteiger partial charge >= 0.3 is 0 Å². The normalized spacial score (nSPS) is 10.2. The van der Waals surface area contributed by atoms with Crippen molar-refractivity contribution in [3.05, 3.63) is 18.2 Å². The molecular weight excluding hydrogens is 230 g/mol. The maximum Gasteiger partial charge on any atom is 0.126 e. The average Bonchev–Trinajstić information content (AvgIpc) is 2.42. The molecule has 0 spiro atoms. The van der Waals surface area contributed by atoms with Crippen LogP contribution in [0.25, 0.3) is 0 Å². The highest BCUT2D eigenvalue weighted by Gasteiger charge is 2.02. The van der Waals surface area contributed by atoms with Crippen LogP contribution in [0, 0.1) is 0 Å². The Balaban J connectivity index is 2.36. The SMILES string of the molecule is COc1cc(OC)cc(OCCCCCCN)c1. The molecule has 4 heteroatoms. The number of benzene rings is 1. The van der Waals surface area contributed by atoms with E-state index in [1.807, 2.05) is 18.2 Å². The van der Waals surface area contributed by atoms with Gasteiger partial charge < -0.3 is 19.9 Å². The van der Waals surface area contributed by atoms with Crippen LogP contribution < -0.4 is 19.9 Å². The van der Waals surface area contributed by atoms with E-state index < -0.39 is 0 Å². The van der Waals surface area contributed by atoms with Crippen LogP contribution in [0.15, 0.2) is 18.2 Å². The Kier molecular flexibility index (Phi) is 7.03. The van der Waals surface area contributed by atoms with Crippen molar-refractivity contribution < 1.29 is 14.2 Å². The first-order valence-corrected chi connectivity index (χ1v) is 6.36. The Labute approximate surface area is 109 Å². The highest BCUT2D eigenvalue weighted by atomic mass is 16.5. The zero-order chi connectivity index (χ0) is 13.2. The number of unbranched alkanes of at least 4 members (excludes halogenated alkanes) is 3. The third-order valence-electron chi connectivity index (χ3n) is 2.69. The van der Waals surface area contributed by atoms with Crippen LogP contribution in [0.4, 0.5) is 0 Å². The number of nitrogens with two attached hydrogens (primary N) is 1. The van der Waals surface area contributed by atoms with Crippen molar-refractivity contribution in [3.63, 3.8) is 0 Å². The summed E-state index contributed by atoms with van der Waals surface area (Å²) in [6, 6.07) is 5.55. The molecule has 0 unspecified atom stereocenters. The zero-order valence-corrected chi connectivity index (χ0v) is 11.3. The van der Waals surface area contributed by atoms with Crippen LogP contribution in [-0.4, -0.2) is 27.4 Å². The predicted molar refractivity (Wildman–Crippen MR) is 72.6 cm³/mol. The Bertz CT molecular complexity index is 320. The monoisotopic (exact) mass is 253 g/mol. The first-order chi connectivity index (χ1) is 8.80. The highest BCUT2D eigenvalue weighted by Crippen LogP contribution is 2.27. The molecule has 0 aliphatic rings. The molecule has 18 heavy (non-hydrogen) atoms. The number of hydrogen-bond donors (Lipinski definition) is 1. The summed E-state index contributed by atoms with van der Waals surface area (Å²) in [5.41, 5.74) is 5.44. The summed E-state index contributed by atoms with van der Waals surface area (Å²) >= 11 is 0. The lowest BCUT2D eigenvalue weighted by atomic mass is 10.2. The predicted octanol–water partition coefficient (Wildman–Crippen LogP) is 2.60. The molecule has 0 saturated heterocycles. The fourth-order valence-electron chi connectivity index (χ4n) is 1.65. The Hall–Kier alpha value is -1.42. The second-order valence-corrected chi connectivity index (χ2v) is 4.10. The van der Waals surface area contributed by atoms with Gasteiger partial charge in [-0.05, 0) is 19.4 Å². The minimum Gasteiger partial charge on any atom is -0.496 e. The lowest BCUT2D eigenvalue weighted by Gasteiger charge is -2.10. The fourth-order valence-corrected chi connectivity index (χ4v) is 1.65. The standard InChI is InChI=1S/C14H23NO3/c1-16-12-9-13(17-2)11-14(10-12)18-8-6-4-3-5-7-15/h9-11H,3-8,15H2,1-2H3. The minimum absolute atomic E-state index is 0.709. The van der Waals surface area contributed by atoms with Crippen LogP contribution in [0.5, 0.6) is 17.2 Å². The number of ether oxygens (including phenoxy) is 3. The largest absolute Gasteiger partial charge is 0.496 e. The molecule has 0 bridgehead atoms. The van der Waals surface area contributed by atoms with E-state index in [0.717, 1.165) is 43.1 Å². The van der Waals surface area contributed by atoms with Crippen molar-refractivity contribution >= 4 is 0 Å². The molecule has 0 fully saturated rings. The van der Waals surface area contributed by atoms with E-state index in [1.165, 1.54) is 6.42 Å². The molecule has 1 rings (SSSR count). The van der Waals surface area contributed by atoms with E-state index in [0.29, 0.717) is 6.61 Å². The summed E-state index contributed by atoms with van der Waals surface area (Å²) in [5, 5.41) is 0. The maximum atomic E-state index is 5.68. The molecule has 0 saturated carbocycles. The molecule has 0 aliphatic heterocycles. The van der Waals surface area contributed by atoms with Gasteiger partial charge in [-0.25, -0.2) is 0 Å². The van der Waals surface area contributed by atoms with Crippen molar-refractivity contribution in [1.29, 1.82) is 0 Å². The molecule has 0 heterocycles. The van der Waals surface area contributed by atoms with E-state index >= 15 is 0 Å². The first kappa shape index (κ1) is 14.6. The first-order valence-electron chi connectivity index (χ1n) is 6.36. The Morgan fingerprint density at radius 1 is 0.833 bits per heavy atom. The van der Waals surface area contributed by atoms with Gasteiger partial charge in [0.25, 0.3) is 0 Å². The van der Waals surface area contributed by atoms with E-state index in [9.17, 15) is 0 Å². The van der Waals surface area contributed by atoms with Gasteiger partial charge in [0.15, 0.2) is 0 Å². The van der Waals surface area contributed by atoms with E-state index in [-0.39, 0.29) is 0 Å². The van der Waals surface area contributed by atoms with Crippen molar-refractivity contribution in [2.75, 3.05) is 27.4 Å². The molecule has 102 valence electrons. The molecule has 0 amide bonds. The second kappa shape index (κ2) is 8.64. The Morgan fingerprint density at radius 3 is 1.94 bits per heavy atom. The van der Waals surface area contributed by atoms with E-state index in [4.69, 9.17) is 19.9 Å². The molecule has 4 nitrogen and oxygen atoms in total. The van der Waals surface area contributed by atoms with Crippen LogP contribution in [-0.2, 0) is 0 Å². The number of methoxy groups -OCH3 is 2. The van der Waals surface area contributed by atoms with Gasteiger partial charge in [-0.3, -0.25) is 0 Å². The van der Waals surface area contributed by atoms with Gasteiger partial charge in [0.1, 0.15) is 17.2 Å². The Morgan fingerprint density at radius 2 is 1.39 bits per heavy atom. The van der Waals surface area contributed by atoms with Gasteiger partial charge in [0.05, 0.1) is 20.8 Å². The minimum atomic E-state index is 0.709. The van der Waals surface area contributed by atoms with Crippen molar-refractivity contribution in [1.82, 2.24) is 0 Å². The summed E-state index contributed by atoms with van der Waals surface area (Å²) in [7, 11) is 3.26. The quantitative estimate of drug-likeness (QED) is 0.687. The molecule has 0 aromatic heterocycles. The van der Waals surface area contributed by atoms with Crippen LogP contribution >= 0.6 is 0 Å². The van der Waals surface area contributed by atoms with Gasteiger partial charge in [-0.2, -0.15) is 0 Å². The summed E-state index contributed by atoms with van der Waals surface area (Å²) in [5.74, 6) is 2.27. The molecule has 2 N–H and O–H groups in total. The zero-order valence-electron chi connectivity index (χ0n) is 11.3.